The minimum absolute atomic E-state index is 0.0877. The first-order chi connectivity index (χ1) is 5.59. The van der Waals surface area contributed by atoms with E-state index >= 15 is 0 Å². The van der Waals surface area contributed by atoms with E-state index in [1.54, 1.807) is 6.20 Å². The molecular weight excluding hydrogens is 194 g/mol. The molecule has 0 fully saturated rings. The van der Waals surface area contributed by atoms with Crippen molar-refractivity contribution >= 4 is 22.4 Å². The Bertz CT molecular complexity index is 283. The lowest BCUT2D eigenvalue weighted by atomic mass is 10.2. The minimum Gasteiger partial charge on any atom is -0.772 e. The van der Waals surface area contributed by atoms with Gasteiger partial charge in [-0.15, -0.1) is 11.3 Å². The predicted octanol–water partition coefficient (Wildman–Crippen LogP) is 1.65. The standard InChI is InChI=1S/C7H11NO2S2/c1-5(2)7-8-3-6(11-7)4-12(9)10/h3,5H,4H2,1-2H3,(H,9,10)/p-1. The van der Waals surface area contributed by atoms with Crippen LogP contribution in [0.2, 0.25) is 0 Å². The molecule has 5 heteroatoms. The second kappa shape index (κ2) is 4.11. The fourth-order valence-corrected chi connectivity index (χ4v) is 2.32. The minimum atomic E-state index is -2.00. The summed E-state index contributed by atoms with van der Waals surface area (Å²) in [7, 11) is 0. The van der Waals surface area contributed by atoms with Crippen molar-refractivity contribution in [2.24, 2.45) is 0 Å². The zero-order valence-corrected chi connectivity index (χ0v) is 8.58. The smallest absolute Gasteiger partial charge is 0.0953 e. The summed E-state index contributed by atoms with van der Waals surface area (Å²) in [5.74, 6) is 0.466. The average Bonchev–Trinajstić information content (AvgIpc) is 2.34. The summed E-state index contributed by atoms with van der Waals surface area (Å²) in [6.45, 7) is 4.08. The molecule has 0 amide bonds. The Balaban J connectivity index is 2.70. The molecule has 1 aromatic heterocycles. The summed E-state index contributed by atoms with van der Waals surface area (Å²) < 4.78 is 20.7. The molecule has 0 radical (unpaired) electrons. The third-order valence-electron chi connectivity index (χ3n) is 1.33. The highest BCUT2D eigenvalue weighted by Crippen LogP contribution is 2.21. The van der Waals surface area contributed by atoms with Gasteiger partial charge in [-0.05, 0) is 11.1 Å². The van der Waals surface area contributed by atoms with Gasteiger partial charge in [0, 0.05) is 22.7 Å². The number of hydrogen-bond acceptors (Lipinski definition) is 4. The summed E-state index contributed by atoms with van der Waals surface area (Å²) >= 11 is -0.531. The maximum atomic E-state index is 10.3. The zero-order valence-electron chi connectivity index (χ0n) is 6.94. The second-order valence-corrected chi connectivity index (χ2v) is 4.81. The summed E-state index contributed by atoms with van der Waals surface area (Å²) in [5, 5.41) is 0.996. The molecule has 0 aromatic carbocycles. The highest BCUT2D eigenvalue weighted by molar-refractivity contribution is 7.78. The molecule has 0 saturated carbocycles. The van der Waals surface area contributed by atoms with Crippen LogP contribution in [0.15, 0.2) is 6.20 Å². The van der Waals surface area contributed by atoms with Crippen molar-refractivity contribution in [3.05, 3.63) is 16.1 Å². The van der Waals surface area contributed by atoms with Crippen LogP contribution in [0.25, 0.3) is 0 Å². The van der Waals surface area contributed by atoms with E-state index in [9.17, 15) is 8.76 Å². The van der Waals surface area contributed by atoms with Crippen molar-refractivity contribution in [3.8, 4) is 0 Å². The largest absolute Gasteiger partial charge is 0.772 e. The number of aromatic nitrogens is 1. The van der Waals surface area contributed by atoms with Crippen LogP contribution < -0.4 is 0 Å². The lowest BCUT2D eigenvalue weighted by Crippen LogP contribution is -1.89. The van der Waals surface area contributed by atoms with E-state index in [4.69, 9.17) is 0 Å². The van der Waals surface area contributed by atoms with Crippen molar-refractivity contribution < 1.29 is 8.76 Å². The number of thiazole rings is 1. The number of rotatable bonds is 3. The van der Waals surface area contributed by atoms with Gasteiger partial charge in [-0.2, -0.15) is 0 Å². The van der Waals surface area contributed by atoms with Crippen LogP contribution in [0, 0.1) is 0 Å². The van der Waals surface area contributed by atoms with Crippen molar-refractivity contribution in [3.63, 3.8) is 0 Å². The van der Waals surface area contributed by atoms with Crippen LogP contribution >= 0.6 is 11.3 Å². The lowest BCUT2D eigenvalue weighted by Gasteiger charge is -2.00. The highest BCUT2D eigenvalue weighted by Gasteiger charge is 2.04. The zero-order chi connectivity index (χ0) is 9.14. The van der Waals surface area contributed by atoms with E-state index < -0.39 is 11.1 Å². The molecule has 0 aliphatic carbocycles. The summed E-state index contributed by atoms with van der Waals surface area (Å²) in [6.07, 6.45) is 1.63. The Kier molecular flexibility index (Phi) is 3.37. The van der Waals surface area contributed by atoms with E-state index in [1.807, 2.05) is 13.8 Å². The first kappa shape index (κ1) is 9.83. The van der Waals surface area contributed by atoms with Gasteiger partial charge < -0.3 is 4.55 Å². The van der Waals surface area contributed by atoms with Crippen molar-refractivity contribution in [1.29, 1.82) is 0 Å². The fourth-order valence-electron chi connectivity index (χ4n) is 0.772. The third kappa shape index (κ3) is 2.66. The Labute approximate surface area is 78.1 Å². The molecule has 1 aromatic rings. The average molecular weight is 204 g/mol. The molecule has 1 rings (SSSR count). The molecule has 0 bridgehead atoms. The molecule has 3 nitrogen and oxygen atoms in total. The molecule has 0 spiro atoms. The van der Waals surface area contributed by atoms with E-state index in [2.05, 4.69) is 4.98 Å². The number of hydrogen-bond donors (Lipinski definition) is 0. The number of nitrogens with zero attached hydrogens (tertiary/aromatic N) is 1. The van der Waals surface area contributed by atoms with E-state index in [0.717, 1.165) is 9.88 Å². The van der Waals surface area contributed by atoms with Gasteiger partial charge in [0.25, 0.3) is 0 Å². The van der Waals surface area contributed by atoms with Gasteiger partial charge in [-0.25, -0.2) is 4.98 Å². The SMILES string of the molecule is CC(C)c1ncc(CS(=O)[O-])s1. The molecule has 0 saturated heterocycles. The molecule has 1 unspecified atom stereocenters. The lowest BCUT2D eigenvalue weighted by molar-refractivity contribution is 0.536. The predicted molar refractivity (Wildman–Crippen MR) is 48.8 cm³/mol. The Morgan fingerprint density at radius 1 is 1.75 bits per heavy atom. The molecule has 0 aliphatic rings. The molecule has 0 N–H and O–H groups in total. The molecule has 12 heavy (non-hydrogen) atoms. The van der Waals surface area contributed by atoms with Gasteiger partial charge in [-0.1, -0.05) is 13.8 Å². The molecule has 68 valence electrons. The maximum absolute atomic E-state index is 10.3. The molecule has 0 aliphatic heterocycles. The monoisotopic (exact) mass is 204 g/mol. The van der Waals surface area contributed by atoms with E-state index in [1.165, 1.54) is 11.3 Å². The third-order valence-corrected chi connectivity index (χ3v) is 3.35. The fraction of sp³-hybridized carbons (Fsp3) is 0.571. The van der Waals surface area contributed by atoms with Gasteiger partial charge >= 0.3 is 0 Å². The highest BCUT2D eigenvalue weighted by atomic mass is 32.2. The Hall–Kier alpha value is -0.260. The summed E-state index contributed by atoms with van der Waals surface area (Å²) in [6, 6.07) is 0. The van der Waals surface area contributed by atoms with Crippen LogP contribution in [0.4, 0.5) is 0 Å². The maximum Gasteiger partial charge on any atom is 0.0953 e. The van der Waals surface area contributed by atoms with Crippen molar-refractivity contribution in [2.75, 3.05) is 0 Å². The summed E-state index contributed by atoms with van der Waals surface area (Å²) in [5.41, 5.74) is 0. The molecule has 1 heterocycles. The van der Waals surface area contributed by atoms with Gasteiger partial charge in [0.15, 0.2) is 0 Å². The van der Waals surface area contributed by atoms with Gasteiger partial charge in [0.1, 0.15) is 0 Å². The Morgan fingerprint density at radius 2 is 2.42 bits per heavy atom. The van der Waals surface area contributed by atoms with Crippen LogP contribution in [0.5, 0.6) is 0 Å². The van der Waals surface area contributed by atoms with Gasteiger partial charge in [-0.3, -0.25) is 4.21 Å². The quantitative estimate of drug-likeness (QED) is 0.703. The van der Waals surface area contributed by atoms with E-state index in [-0.39, 0.29) is 5.75 Å². The topological polar surface area (TPSA) is 53.0 Å². The van der Waals surface area contributed by atoms with Crippen LogP contribution in [0.3, 0.4) is 0 Å². The second-order valence-electron chi connectivity index (χ2n) is 2.77. The van der Waals surface area contributed by atoms with Crippen LogP contribution in [-0.4, -0.2) is 13.7 Å². The normalized spacial score (nSPS) is 13.7. The molecular formula is C7H10NO2S2-. The van der Waals surface area contributed by atoms with Crippen LogP contribution in [-0.2, 0) is 16.8 Å². The van der Waals surface area contributed by atoms with E-state index in [0.29, 0.717) is 5.92 Å². The first-order valence-corrected chi connectivity index (χ1v) is 5.66. The van der Waals surface area contributed by atoms with Crippen molar-refractivity contribution in [2.45, 2.75) is 25.5 Å². The van der Waals surface area contributed by atoms with Gasteiger partial charge in [0.05, 0.1) is 5.01 Å². The Morgan fingerprint density at radius 3 is 2.83 bits per heavy atom. The summed E-state index contributed by atoms with van der Waals surface area (Å²) in [4.78, 5) is 4.93. The van der Waals surface area contributed by atoms with Crippen molar-refractivity contribution in [1.82, 2.24) is 4.98 Å². The van der Waals surface area contributed by atoms with Crippen LogP contribution in [0.1, 0.15) is 29.7 Å². The molecule has 1 atom stereocenters. The first-order valence-electron chi connectivity index (χ1n) is 3.60. The van der Waals surface area contributed by atoms with Gasteiger partial charge in [0.2, 0.25) is 0 Å².